The van der Waals surface area contributed by atoms with E-state index in [9.17, 15) is 4.79 Å². The van der Waals surface area contributed by atoms with Gasteiger partial charge in [0.15, 0.2) is 5.82 Å². The Morgan fingerprint density at radius 3 is 2.94 bits per heavy atom. The van der Waals surface area contributed by atoms with Gasteiger partial charge in [-0.15, -0.1) is 10.2 Å². The van der Waals surface area contributed by atoms with Crippen LogP contribution in [0.4, 0.5) is 11.1 Å². The van der Waals surface area contributed by atoms with E-state index in [1.54, 1.807) is 6.92 Å². The molecule has 0 radical (unpaired) electrons. The van der Waals surface area contributed by atoms with E-state index in [-0.39, 0.29) is 11.0 Å². The highest BCUT2D eigenvalue weighted by molar-refractivity contribution is 7.17. The first-order valence-electron chi connectivity index (χ1n) is 4.88. The average molecular weight is 254 g/mol. The molecule has 0 saturated heterocycles. The van der Waals surface area contributed by atoms with Crippen LogP contribution in [0.1, 0.15) is 22.6 Å². The number of carbonyl (C=O) groups is 1. The Labute approximate surface area is 100 Å². The molecule has 1 amide bonds. The van der Waals surface area contributed by atoms with E-state index >= 15 is 0 Å². The molecule has 0 spiro atoms. The van der Waals surface area contributed by atoms with Gasteiger partial charge in [0.25, 0.3) is 5.91 Å². The van der Waals surface area contributed by atoms with Crippen molar-refractivity contribution in [2.45, 2.75) is 13.8 Å². The molecule has 2 aromatic rings. The quantitative estimate of drug-likeness (QED) is 0.835. The minimum atomic E-state index is -0.421. The first-order valence-corrected chi connectivity index (χ1v) is 5.69. The van der Waals surface area contributed by atoms with Crippen molar-refractivity contribution in [3.8, 4) is 0 Å². The van der Waals surface area contributed by atoms with Crippen molar-refractivity contribution < 1.29 is 9.32 Å². The number of hydrogen-bond donors (Lipinski definition) is 2. The fourth-order valence-electron chi connectivity index (χ4n) is 1.04. The van der Waals surface area contributed by atoms with Crippen LogP contribution in [-0.2, 0) is 0 Å². The maximum absolute atomic E-state index is 11.7. The number of rotatable bonds is 4. The van der Waals surface area contributed by atoms with Gasteiger partial charge in [-0.2, -0.15) is 4.98 Å². The third-order valence-corrected chi connectivity index (χ3v) is 2.58. The highest BCUT2D eigenvalue weighted by Gasteiger charge is 2.15. The van der Waals surface area contributed by atoms with Gasteiger partial charge in [-0.25, -0.2) is 0 Å². The minimum Gasteiger partial charge on any atom is -0.360 e. The Morgan fingerprint density at radius 1 is 1.47 bits per heavy atom. The lowest BCUT2D eigenvalue weighted by Crippen LogP contribution is -2.11. The highest BCUT2D eigenvalue weighted by Crippen LogP contribution is 2.16. The summed E-state index contributed by atoms with van der Waals surface area (Å²) in [5, 5.41) is 17.3. The van der Waals surface area contributed by atoms with Crippen molar-refractivity contribution in [3.63, 3.8) is 0 Å². The standard InChI is InChI=1S/C8H10N6O2S/c1-3-9-8-13-12-6(17-8)5(15)11-7-10-4(2)14-16-7/h3H2,1-2H3,(H,9,13)(H,10,11,14,15). The first kappa shape index (κ1) is 11.5. The fourth-order valence-corrected chi connectivity index (χ4v) is 1.74. The summed E-state index contributed by atoms with van der Waals surface area (Å²) in [4.78, 5) is 15.5. The smallest absolute Gasteiger partial charge is 0.328 e. The summed E-state index contributed by atoms with van der Waals surface area (Å²) < 4.78 is 4.76. The van der Waals surface area contributed by atoms with Gasteiger partial charge in [-0.1, -0.05) is 16.5 Å². The number of carbonyl (C=O) groups excluding carboxylic acids is 1. The van der Waals surface area contributed by atoms with Crippen LogP contribution in [0.5, 0.6) is 0 Å². The van der Waals surface area contributed by atoms with E-state index in [1.165, 1.54) is 0 Å². The number of aromatic nitrogens is 4. The molecule has 2 rings (SSSR count). The van der Waals surface area contributed by atoms with Crippen LogP contribution >= 0.6 is 11.3 Å². The highest BCUT2D eigenvalue weighted by atomic mass is 32.1. The van der Waals surface area contributed by atoms with Crippen molar-refractivity contribution in [2.75, 3.05) is 17.2 Å². The zero-order valence-corrected chi connectivity index (χ0v) is 10.0. The van der Waals surface area contributed by atoms with Gasteiger partial charge in [0.1, 0.15) is 0 Å². The van der Waals surface area contributed by atoms with Gasteiger partial charge in [-0.3, -0.25) is 10.1 Å². The maximum Gasteiger partial charge on any atom is 0.328 e. The second-order valence-corrected chi connectivity index (χ2v) is 4.02. The van der Waals surface area contributed by atoms with Crippen molar-refractivity contribution in [1.29, 1.82) is 0 Å². The molecule has 2 heterocycles. The minimum absolute atomic E-state index is 0.0488. The molecule has 17 heavy (non-hydrogen) atoms. The molecule has 9 heteroatoms. The summed E-state index contributed by atoms with van der Waals surface area (Å²) in [6, 6.07) is 0.0488. The van der Waals surface area contributed by atoms with Gasteiger partial charge < -0.3 is 9.84 Å². The molecular formula is C8H10N6O2S. The van der Waals surface area contributed by atoms with Crippen molar-refractivity contribution in [2.24, 2.45) is 0 Å². The van der Waals surface area contributed by atoms with E-state index in [0.29, 0.717) is 11.0 Å². The van der Waals surface area contributed by atoms with Crippen LogP contribution in [0.15, 0.2) is 4.52 Å². The molecule has 0 atom stereocenters. The third-order valence-electron chi connectivity index (χ3n) is 1.70. The lowest BCUT2D eigenvalue weighted by Gasteiger charge is -1.94. The van der Waals surface area contributed by atoms with Crippen molar-refractivity contribution in [3.05, 3.63) is 10.8 Å². The molecule has 2 N–H and O–H groups in total. The lowest BCUT2D eigenvalue weighted by molar-refractivity contribution is 0.102. The molecule has 90 valence electrons. The van der Waals surface area contributed by atoms with Crippen LogP contribution in [0.25, 0.3) is 0 Å². The summed E-state index contributed by atoms with van der Waals surface area (Å²) >= 11 is 1.16. The van der Waals surface area contributed by atoms with E-state index in [1.807, 2.05) is 6.92 Å². The summed E-state index contributed by atoms with van der Waals surface area (Å²) in [6.07, 6.45) is 0. The van der Waals surface area contributed by atoms with E-state index in [2.05, 4.69) is 31.0 Å². The molecule has 0 bridgehead atoms. The van der Waals surface area contributed by atoms with Crippen molar-refractivity contribution in [1.82, 2.24) is 20.3 Å². The van der Waals surface area contributed by atoms with Gasteiger partial charge in [0.05, 0.1) is 0 Å². The number of aryl methyl sites for hydroxylation is 1. The van der Waals surface area contributed by atoms with Gasteiger partial charge in [0, 0.05) is 6.54 Å². The number of anilines is 2. The van der Waals surface area contributed by atoms with E-state index in [0.717, 1.165) is 17.9 Å². The topological polar surface area (TPSA) is 106 Å². The molecule has 0 aliphatic heterocycles. The first-order chi connectivity index (χ1) is 8.19. The molecule has 8 nitrogen and oxygen atoms in total. The predicted octanol–water partition coefficient (Wildman–Crippen LogP) is 0.914. The maximum atomic E-state index is 11.7. The number of hydrogen-bond acceptors (Lipinski definition) is 8. The summed E-state index contributed by atoms with van der Waals surface area (Å²) in [5.41, 5.74) is 0. The number of nitrogens with one attached hydrogen (secondary N) is 2. The molecule has 0 aliphatic carbocycles. The number of nitrogens with zero attached hydrogens (tertiary/aromatic N) is 4. The van der Waals surface area contributed by atoms with Crippen LogP contribution in [-0.4, -0.2) is 32.8 Å². The van der Waals surface area contributed by atoms with Crippen LogP contribution in [0, 0.1) is 6.92 Å². The van der Waals surface area contributed by atoms with Gasteiger partial charge >= 0.3 is 6.01 Å². The molecular weight excluding hydrogens is 244 g/mol. The Kier molecular flexibility index (Phi) is 3.28. The predicted molar refractivity (Wildman–Crippen MR) is 61.1 cm³/mol. The lowest BCUT2D eigenvalue weighted by atomic mass is 10.6. The van der Waals surface area contributed by atoms with Crippen LogP contribution in [0.2, 0.25) is 0 Å². The van der Waals surface area contributed by atoms with Crippen LogP contribution in [0.3, 0.4) is 0 Å². The Bertz CT molecular complexity index is 522. The summed E-state index contributed by atoms with van der Waals surface area (Å²) in [6.45, 7) is 4.31. The monoisotopic (exact) mass is 254 g/mol. The summed E-state index contributed by atoms with van der Waals surface area (Å²) in [7, 11) is 0. The fraction of sp³-hybridized carbons (Fsp3) is 0.375. The summed E-state index contributed by atoms with van der Waals surface area (Å²) in [5.74, 6) is 0.0289. The Balaban J connectivity index is 2.03. The SMILES string of the molecule is CCNc1nnc(C(=O)Nc2nc(C)no2)s1. The molecule has 0 fully saturated rings. The van der Waals surface area contributed by atoms with E-state index in [4.69, 9.17) is 4.52 Å². The van der Waals surface area contributed by atoms with Gasteiger partial charge in [-0.05, 0) is 13.8 Å². The Morgan fingerprint density at radius 2 is 2.29 bits per heavy atom. The normalized spacial score (nSPS) is 10.2. The molecule has 2 aromatic heterocycles. The molecule has 0 saturated carbocycles. The van der Waals surface area contributed by atoms with Crippen LogP contribution < -0.4 is 10.6 Å². The average Bonchev–Trinajstić information content (AvgIpc) is 2.88. The molecule has 0 aromatic carbocycles. The zero-order chi connectivity index (χ0) is 12.3. The second-order valence-electron chi connectivity index (χ2n) is 3.04. The second kappa shape index (κ2) is 4.87. The molecule has 0 aliphatic rings. The molecule has 0 unspecified atom stereocenters. The number of amides is 1. The van der Waals surface area contributed by atoms with E-state index < -0.39 is 5.91 Å². The van der Waals surface area contributed by atoms with Gasteiger partial charge in [0.2, 0.25) is 10.1 Å². The zero-order valence-electron chi connectivity index (χ0n) is 9.22. The van der Waals surface area contributed by atoms with Crippen molar-refractivity contribution >= 4 is 28.4 Å². The third kappa shape index (κ3) is 2.75. The Hall–Kier alpha value is -2.03. The largest absolute Gasteiger partial charge is 0.360 e.